The van der Waals surface area contributed by atoms with Gasteiger partial charge in [-0.1, -0.05) is 19.9 Å². The second kappa shape index (κ2) is 6.06. The number of carbonyl (C=O) groups excluding carboxylic acids is 2. The van der Waals surface area contributed by atoms with Gasteiger partial charge in [-0.15, -0.1) is 0 Å². The Morgan fingerprint density at radius 2 is 1.79 bits per heavy atom. The molecule has 0 heterocycles. The summed E-state index contributed by atoms with van der Waals surface area (Å²) >= 11 is 0. The van der Waals surface area contributed by atoms with Crippen LogP contribution in [0.1, 0.15) is 30.9 Å². The van der Waals surface area contributed by atoms with Gasteiger partial charge in [0.2, 0.25) is 0 Å². The summed E-state index contributed by atoms with van der Waals surface area (Å²) < 4.78 is 12.6. The smallest absolute Gasteiger partial charge is 0.207 e. The van der Waals surface area contributed by atoms with Crippen molar-refractivity contribution >= 4 is 6.15 Å². The summed E-state index contributed by atoms with van der Waals surface area (Å²) in [5.41, 5.74) is 2.27. The SMILES string of the molecule is Cc1cc(F)ccc1C(C)C.O=C=O. The van der Waals surface area contributed by atoms with Crippen LogP contribution in [0.4, 0.5) is 4.39 Å². The summed E-state index contributed by atoms with van der Waals surface area (Å²) in [7, 11) is 0. The molecule has 0 saturated carbocycles. The maximum absolute atomic E-state index is 12.6. The zero-order chi connectivity index (χ0) is 11.1. The minimum atomic E-state index is -0.146. The lowest BCUT2D eigenvalue weighted by Gasteiger charge is -2.08. The molecule has 76 valence electrons. The summed E-state index contributed by atoms with van der Waals surface area (Å²) in [5, 5.41) is 0. The van der Waals surface area contributed by atoms with Crippen LogP contribution in [-0.4, -0.2) is 6.15 Å². The molecule has 14 heavy (non-hydrogen) atoms. The second-order valence-corrected chi connectivity index (χ2v) is 3.24. The Balaban J connectivity index is 0.000000500. The zero-order valence-corrected chi connectivity index (χ0v) is 8.50. The van der Waals surface area contributed by atoms with Crippen LogP contribution in [0.3, 0.4) is 0 Å². The van der Waals surface area contributed by atoms with Gasteiger partial charge in [0, 0.05) is 0 Å². The lowest BCUT2D eigenvalue weighted by Crippen LogP contribution is -1.91. The van der Waals surface area contributed by atoms with Gasteiger partial charge in [-0.2, -0.15) is 9.59 Å². The van der Waals surface area contributed by atoms with Crippen molar-refractivity contribution in [1.82, 2.24) is 0 Å². The number of halogens is 1. The summed E-state index contributed by atoms with van der Waals surface area (Å²) in [5.74, 6) is 0.336. The predicted molar refractivity (Wildman–Crippen MR) is 50.2 cm³/mol. The third-order valence-electron chi connectivity index (χ3n) is 1.85. The molecule has 3 heteroatoms. The zero-order valence-electron chi connectivity index (χ0n) is 8.50. The number of aryl methyl sites for hydroxylation is 1. The topological polar surface area (TPSA) is 34.1 Å². The molecule has 0 aliphatic heterocycles. The fraction of sp³-hybridized carbons (Fsp3) is 0.364. The maximum atomic E-state index is 12.6. The fourth-order valence-electron chi connectivity index (χ4n) is 1.29. The van der Waals surface area contributed by atoms with E-state index < -0.39 is 0 Å². The summed E-state index contributed by atoms with van der Waals surface area (Å²) in [4.78, 5) is 16.2. The monoisotopic (exact) mass is 196 g/mol. The number of benzene rings is 1. The number of hydrogen-bond acceptors (Lipinski definition) is 2. The second-order valence-electron chi connectivity index (χ2n) is 3.24. The van der Waals surface area contributed by atoms with Crippen LogP contribution in [0, 0.1) is 12.7 Å². The van der Waals surface area contributed by atoms with Crippen LogP contribution >= 0.6 is 0 Å². The highest BCUT2D eigenvalue weighted by molar-refractivity contribution is 5.28. The minimum Gasteiger partial charge on any atom is -0.207 e. The summed E-state index contributed by atoms with van der Waals surface area (Å²) in [6.45, 7) is 6.17. The van der Waals surface area contributed by atoms with E-state index in [1.807, 2.05) is 13.0 Å². The molecule has 1 rings (SSSR count). The average Bonchev–Trinajstić information content (AvgIpc) is 2.04. The van der Waals surface area contributed by atoms with Crippen LogP contribution in [0.25, 0.3) is 0 Å². The van der Waals surface area contributed by atoms with Gasteiger partial charge in [-0.25, -0.2) is 4.39 Å². The molecular weight excluding hydrogens is 183 g/mol. The van der Waals surface area contributed by atoms with E-state index >= 15 is 0 Å². The molecule has 0 N–H and O–H groups in total. The Morgan fingerprint density at radius 1 is 1.29 bits per heavy atom. The van der Waals surface area contributed by atoms with E-state index in [-0.39, 0.29) is 12.0 Å². The Bertz CT molecular complexity index is 326. The van der Waals surface area contributed by atoms with Gasteiger partial charge in [-0.3, -0.25) is 0 Å². The highest BCUT2D eigenvalue weighted by Gasteiger charge is 2.02. The normalized spacial score (nSPS) is 8.93. The molecule has 1 aromatic rings. The first-order valence-corrected chi connectivity index (χ1v) is 4.28. The van der Waals surface area contributed by atoms with Crippen LogP contribution in [0.5, 0.6) is 0 Å². The molecule has 0 amide bonds. The van der Waals surface area contributed by atoms with E-state index in [0.717, 1.165) is 5.56 Å². The first-order chi connectivity index (χ1) is 6.52. The first kappa shape index (κ1) is 12.5. The Morgan fingerprint density at radius 3 is 2.14 bits per heavy atom. The van der Waals surface area contributed by atoms with Crippen molar-refractivity contribution < 1.29 is 14.0 Å². The minimum absolute atomic E-state index is 0.146. The highest BCUT2D eigenvalue weighted by atomic mass is 19.1. The average molecular weight is 196 g/mol. The van der Waals surface area contributed by atoms with Gasteiger partial charge in [0.1, 0.15) is 5.82 Å². The number of rotatable bonds is 1. The van der Waals surface area contributed by atoms with Crippen LogP contribution in [-0.2, 0) is 9.59 Å². The van der Waals surface area contributed by atoms with Crippen molar-refractivity contribution in [3.63, 3.8) is 0 Å². The van der Waals surface area contributed by atoms with Crippen molar-refractivity contribution in [2.45, 2.75) is 26.7 Å². The van der Waals surface area contributed by atoms with E-state index in [2.05, 4.69) is 13.8 Å². The predicted octanol–water partition coefficient (Wildman–Crippen LogP) is 2.67. The Hall–Kier alpha value is -1.47. The van der Waals surface area contributed by atoms with Crippen LogP contribution < -0.4 is 0 Å². The molecule has 0 saturated heterocycles. The molecule has 0 atom stereocenters. The van der Waals surface area contributed by atoms with E-state index in [9.17, 15) is 4.39 Å². The van der Waals surface area contributed by atoms with Gasteiger partial charge in [0.25, 0.3) is 0 Å². The molecule has 0 aromatic heterocycles. The van der Waals surface area contributed by atoms with Crippen molar-refractivity contribution in [2.24, 2.45) is 0 Å². The van der Waals surface area contributed by atoms with E-state index in [4.69, 9.17) is 9.59 Å². The molecule has 0 unspecified atom stereocenters. The molecular formula is C11H13FO2. The Labute approximate surface area is 82.8 Å². The van der Waals surface area contributed by atoms with Crippen LogP contribution in [0.15, 0.2) is 18.2 Å². The van der Waals surface area contributed by atoms with Crippen LogP contribution in [0.2, 0.25) is 0 Å². The summed E-state index contributed by atoms with van der Waals surface area (Å²) in [6.07, 6.45) is 0.250. The third-order valence-corrected chi connectivity index (χ3v) is 1.85. The molecule has 0 aliphatic carbocycles. The molecule has 2 nitrogen and oxygen atoms in total. The van der Waals surface area contributed by atoms with Crippen molar-refractivity contribution in [3.8, 4) is 0 Å². The molecule has 0 aliphatic rings. The van der Waals surface area contributed by atoms with E-state index in [1.165, 1.54) is 11.6 Å². The lowest BCUT2D eigenvalue weighted by atomic mass is 9.98. The largest absolute Gasteiger partial charge is 0.373 e. The maximum Gasteiger partial charge on any atom is 0.373 e. The van der Waals surface area contributed by atoms with E-state index in [0.29, 0.717) is 5.92 Å². The van der Waals surface area contributed by atoms with Gasteiger partial charge in [0.05, 0.1) is 0 Å². The fourth-order valence-corrected chi connectivity index (χ4v) is 1.29. The highest BCUT2D eigenvalue weighted by Crippen LogP contribution is 2.18. The Kier molecular flexibility index (Phi) is 5.42. The van der Waals surface area contributed by atoms with Gasteiger partial charge in [0.15, 0.2) is 0 Å². The lowest BCUT2D eigenvalue weighted by molar-refractivity contribution is -0.191. The van der Waals surface area contributed by atoms with Crippen molar-refractivity contribution in [3.05, 3.63) is 35.1 Å². The van der Waals surface area contributed by atoms with Gasteiger partial charge in [-0.05, 0) is 36.1 Å². The summed E-state index contributed by atoms with van der Waals surface area (Å²) in [6, 6.07) is 4.95. The standard InChI is InChI=1S/C10H13F.CO2/c1-7(2)10-5-4-9(11)6-8(10)3;2-1-3/h4-7H,1-3H3;. The van der Waals surface area contributed by atoms with Gasteiger partial charge >= 0.3 is 6.15 Å². The molecule has 0 spiro atoms. The first-order valence-electron chi connectivity index (χ1n) is 4.28. The van der Waals surface area contributed by atoms with Crippen molar-refractivity contribution in [1.29, 1.82) is 0 Å². The quantitative estimate of drug-likeness (QED) is 0.692. The molecule has 0 fully saturated rings. The number of hydrogen-bond donors (Lipinski definition) is 0. The molecule has 1 aromatic carbocycles. The van der Waals surface area contributed by atoms with Crippen molar-refractivity contribution in [2.75, 3.05) is 0 Å². The third kappa shape index (κ3) is 3.97. The molecule has 0 bridgehead atoms. The van der Waals surface area contributed by atoms with E-state index in [1.54, 1.807) is 6.07 Å². The van der Waals surface area contributed by atoms with Gasteiger partial charge < -0.3 is 0 Å². The molecule has 0 radical (unpaired) electrons.